The Bertz CT molecular complexity index is 1420. The quantitative estimate of drug-likeness (QED) is 0.332. The molecular formula is C26H27N5O2S2. The Morgan fingerprint density at radius 2 is 2.14 bits per heavy atom. The van der Waals surface area contributed by atoms with Gasteiger partial charge in [-0.15, -0.1) is 21.5 Å². The molecule has 0 aliphatic heterocycles. The number of rotatable bonds is 5. The predicted octanol–water partition coefficient (Wildman–Crippen LogP) is 6.04. The van der Waals surface area contributed by atoms with Crippen molar-refractivity contribution in [2.24, 2.45) is 18.4 Å². The third-order valence-corrected chi connectivity index (χ3v) is 8.86. The number of nitriles is 1. The van der Waals surface area contributed by atoms with Gasteiger partial charge in [0.05, 0.1) is 11.3 Å². The Balaban J connectivity index is 1.27. The summed E-state index contributed by atoms with van der Waals surface area (Å²) in [7, 11) is 1.86. The number of fused-ring (bicyclic) bond motifs is 2. The molecule has 3 aromatic heterocycles. The topological polar surface area (TPSA) is 96.7 Å². The van der Waals surface area contributed by atoms with E-state index in [1.807, 2.05) is 41.9 Å². The Morgan fingerprint density at radius 3 is 2.89 bits per heavy atom. The molecular weight excluding hydrogens is 478 g/mol. The molecule has 180 valence electrons. The molecule has 0 spiro atoms. The summed E-state index contributed by atoms with van der Waals surface area (Å²) in [6, 6.07) is 12.1. The maximum Gasteiger partial charge on any atom is 0.235 e. The molecule has 5 rings (SSSR count). The number of thioether (sulfide) groups is 1. The molecule has 4 aromatic rings. The molecule has 3 heterocycles. The van der Waals surface area contributed by atoms with E-state index in [4.69, 9.17) is 4.42 Å². The number of carbonyl (C=O) groups is 1. The smallest absolute Gasteiger partial charge is 0.235 e. The number of thiophene rings is 1. The van der Waals surface area contributed by atoms with Gasteiger partial charge in [-0.1, -0.05) is 50.7 Å². The SMILES string of the molecule is Cn1c(SCC(=O)Nc2sc3c(c2C#N)CC[C@@H](C(C)(C)C)C3)nnc1-c1cc2ccccc2o1. The molecule has 1 aliphatic carbocycles. The second-order valence-electron chi connectivity index (χ2n) is 9.98. The van der Waals surface area contributed by atoms with E-state index in [2.05, 4.69) is 42.4 Å². The fraction of sp³-hybridized carbons (Fsp3) is 0.385. The van der Waals surface area contributed by atoms with Crippen molar-refractivity contribution in [1.82, 2.24) is 14.8 Å². The number of amides is 1. The van der Waals surface area contributed by atoms with Crippen molar-refractivity contribution in [2.75, 3.05) is 11.1 Å². The second kappa shape index (κ2) is 9.17. The van der Waals surface area contributed by atoms with E-state index in [-0.39, 0.29) is 17.1 Å². The summed E-state index contributed by atoms with van der Waals surface area (Å²) in [5.41, 5.74) is 2.76. The van der Waals surface area contributed by atoms with Crippen molar-refractivity contribution >= 4 is 45.0 Å². The van der Waals surface area contributed by atoms with E-state index in [0.29, 0.717) is 33.2 Å². The minimum Gasteiger partial charge on any atom is -0.453 e. The van der Waals surface area contributed by atoms with E-state index in [9.17, 15) is 10.1 Å². The van der Waals surface area contributed by atoms with Gasteiger partial charge in [-0.3, -0.25) is 4.79 Å². The van der Waals surface area contributed by atoms with Crippen LogP contribution < -0.4 is 5.32 Å². The third kappa shape index (κ3) is 4.60. The van der Waals surface area contributed by atoms with Crippen LogP contribution in [0.2, 0.25) is 0 Å². The molecule has 1 atom stereocenters. The van der Waals surface area contributed by atoms with Gasteiger partial charge in [0.15, 0.2) is 16.7 Å². The molecule has 1 amide bonds. The summed E-state index contributed by atoms with van der Waals surface area (Å²) in [6.07, 6.45) is 2.93. The fourth-order valence-corrected chi connectivity index (χ4v) is 6.58. The molecule has 35 heavy (non-hydrogen) atoms. The maximum atomic E-state index is 12.8. The lowest BCUT2D eigenvalue weighted by Gasteiger charge is -2.33. The van der Waals surface area contributed by atoms with Crippen LogP contribution >= 0.6 is 23.1 Å². The number of benzene rings is 1. The zero-order valence-electron chi connectivity index (χ0n) is 20.2. The lowest BCUT2D eigenvalue weighted by atomic mass is 9.72. The number of nitrogens with one attached hydrogen (secondary N) is 1. The predicted molar refractivity (Wildman–Crippen MR) is 140 cm³/mol. The molecule has 0 saturated carbocycles. The molecule has 0 fully saturated rings. The molecule has 1 aromatic carbocycles. The summed E-state index contributed by atoms with van der Waals surface area (Å²) in [6.45, 7) is 6.81. The van der Waals surface area contributed by atoms with Crippen LogP contribution in [0, 0.1) is 22.7 Å². The standard InChI is InChI=1S/C26H27N5O2S2/c1-26(2,3)16-9-10-17-18(13-27)24(35-21(17)12-16)28-22(32)14-34-25-30-29-23(31(25)4)20-11-15-7-5-6-8-19(15)33-20/h5-8,11,16H,9-10,12,14H2,1-4H3,(H,28,32)/t16-/m1/s1. The third-order valence-electron chi connectivity index (χ3n) is 6.67. The zero-order valence-corrected chi connectivity index (χ0v) is 21.8. The number of hydrogen-bond acceptors (Lipinski definition) is 7. The summed E-state index contributed by atoms with van der Waals surface area (Å²) >= 11 is 2.86. The van der Waals surface area contributed by atoms with E-state index in [1.165, 1.54) is 16.6 Å². The second-order valence-corrected chi connectivity index (χ2v) is 12.0. The van der Waals surface area contributed by atoms with Gasteiger partial charge in [0.2, 0.25) is 5.91 Å². The molecule has 1 aliphatic rings. The van der Waals surface area contributed by atoms with Crippen molar-refractivity contribution < 1.29 is 9.21 Å². The number of hydrogen-bond donors (Lipinski definition) is 1. The van der Waals surface area contributed by atoms with Crippen LogP contribution in [0.25, 0.3) is 22.6 Å². The molecule has 0 radical (unpaired) electrons. The first kappa shape index (κ1) is 23.6. The number of para-hydroxylation sites is 1. The molecule has 0 unspecified atom stereocenters. The van der Waals surface area contributed by atoms with E-state index in [0.717, 1.165) is 35.8 Å². The first-order chi connectivity index (χ1) is 16.7. The Kier molecular flexibility index (Phi) is 6.20. The van der Waals surface area contributed by atoms with Gasteiger partial charge in [0.1, 0.15) is 16.7 Å². The summed E-state index contributed by atoms with van der Waals surface area (Å²) in [5.74, 6) is 1.83. The average Bonchev–Trinajstić information content (AvgIpc) is 3.50. The number of anilines is 1. The highest BCUT2D eigenvalue weighted by atomic mass is 32.2. The van der Waals surface area contributed by atoms with Gasteiger partial charge in [-0.2, -0.15) is 5.26 Å². The Hall–Kier alpha value is -3.09. The van der Waals surface area contributed by atoms with Crippen LogP contribution in [0.15, 0.2) is 39.9 Å². The number of nitrogens with zero attached hydrogens (tertiary/aromatic N) is 4. The summed E-state index contributed by atoms with van der Waals surface area (Å²) in [5, 5.41) is 23.6. The largest absolute Gasteiger partial charge is 0.453 e. The first-order valence-electron chi connectivity index (χ1n) is 11.6. The number of carbonyl (C=O) groups excluding carboxylic acids is 1. The van der Waals surface area contributed by atoms with Crippen molar-refractivity contribution in [3.63, 3.8) is 0 Å². The Labute approximate surface area is 212 Å². The summed E-state index contributed by atoms with van der Waals surface area (Å²) in [4.78, 5) is 14.0. The lowest BCUT2D eigenvalue weighted by Crippen LogP contribution is -2.26. The van der Waals surface area contributed by atoms with Crippen LogP contribution in [0.5, 0.6) is 0 Å². The zero-order chi connectivity index (χ0) is 24.7. The monoisotopic (exact) mass is 505 g/mol. The fourth-order valence-electron chi connectivity index (χ4n) is 4.57. The maximum absolute atomic E-state index is 12.8. The molecule has 1 N–H and O–H groups in total. The van der Waals surface area contributed by atoms with Crippen molar-refractivity contribution in [3.8, 4) is 17.7 Å². The first-order valence-corrected chi connectivity index (χ1v) is 13.4. The molecule has 0 saturated heterocycles. The normalized spacial score (nSPS) is 15.7. The lowest BCUT2D eigenvalue weighted by molar-refractivity contribution is -0.113. The highest BCUT2D eigenvalue weighted by molar-refractivity contribution is 7.99. The highest BCUT2D eigenvalue weighted by Gasteiger charge is 2.32. The van der Waals surface area contributed by atoms with Gasteiger partial charge in [-0.05, 0) is 48.3 Å². The minimum absolute atomic E-state index is 0.161. The van der Waals surface area contributed by atoms with Gasteiger partial charge >= 0.3 is 0 Å². The molecule has 7 nitrogen and oxygen atoms in total. The van der Waals surface area contributed by atoms with Crippen LogP contribution in [0.4, 0.5) is 5.00 Å². The van der Waals surface area contributed by atoms with E-state index < -0.39 is 0 Å². The van der Waals surface area contributed by atoms with Gasteiger partial charge < -0.3 is 14.3 Å². The van der Waals surface area contributed by atoms with Crippen LogP contribution in [0.1, 0.15) is 43.2 Å². The summed E-state index contributed by atoms with van der Waals surface area (Å²) < 4.78 is 7.73. The van der Waals surface area contributed by atoms with Crippen molar-refractivity contribution in [3.05, 3.63) is 46.3 Å². The van der Waals surface area contributed by atoms with E-state index >= 15 is 0 Å². The highest BCUT2D eigenvalue weighted by Crippen LogP contribution is 2.44. The van der Waals surface area contributed by atoms with Crippen LogP contribution in [-0.4, -0.2) is 26.4 Å². The van der Waals surface area contributed by atoms with Crippen molar-refractivity contribution in [2.45, 2.75) is 45.2 Å². The van der Waals surface area contributed by atoms with Gasteiger partial charge in [0, 0.05) is 17.3 Å². The number of furan rings is 1. The van der Waals surface area contributed by atoms with Gasteiger partial charge in [0.25, 0.3) is 0 Å². The van der Waals surface area contributed by atoms with Gasteiger partial charge in [-0.25, -0.2) is 0 Å². The minimum atomic E-state index is -0.161. The Morgan fingerprint density at radius 1 is 1.34 bits per heavy atom. The molecule has 0 bridgehead atoms. The van der Waals surface area contributed by atoms with Crippen molar-refractivity contribution in [1.29, 1.82) is 5.26 Å². The average molecular weight is 506 g/mol. The van der Waals surface area contributed by atoms with Crippen LogP contribution in [-0.2, 0) is 24.7 Å². The van der Waals surface area contributed by atoms with E-state index in [1.54, 1.807) is 11.3 Å². The number of aromatic nitrogens is 3. The molecule has 9 heteroatoms. The van der Waals surface area contributed by atoms with Crippen LogP contribution in [0.3, 0.4) is 0 Å².